The van der Waals surface area contributed by atoms with Gasteiger partial charge in [0.1, 0.15) is 17.5 Å². The summed E-state index contributed by atoms with van der Waals surface area (Å²) in [5.41, 5.74) is 4.05. The van der Waals surface area contributed by atoms with E-state index in [4.69, 9.17) is 12.2 Å². The Labute approximate surface area is 248 Å². The fraction of sp³-hybridized carbons (Fsp3) is 0.226. The van der Waals surface area contributed by atoms with Crippen LogP contribution in [0.1, 0.15) is 28.6 Å². The predicted molar refractivity (Wildman–Crippen MR) is 163 cm³/mol. The molecule has 1 fully saturated rings. The average molecular weight is 590 g/mol. The zero-order valence-corrected chi connectivity index (χ0v) is 24.0. The van der Waals surface area contributed by atoms with E-state index in [2.05, 4.69) is 35.4 Å². The molecule has 11 heteroatoms. The van der Waals surface area contributed by atoms with E-state index in [-0.39, 0.29) is 28.6 Å². The molecule has 2 heterocycles. The summed E-state index contributed by atoms with van der Waals surface area (Å²) in [6.45, 7) is 6.20. The maximum atomic E-state index is 13.7. The summed E-state index contributed by atoms with van der Waals surface area (Å²) >= 11 is 5.52. The first kappa shape index (κ1) is 29.2. The molecular formula is C31H30F3N7S. The molecule has 4 aromatic rings. The van der Waals surface area contributed by atoms with Gasteiger partial charge in [0.15, 0.2) is 0 Å². The summed E-state index contributed by atoms with van der Waals surface area (Å²) in [4.78, 5) is 18.0. The third-order valence-electron chi connectivity index (χ3n) is 6.86. The number of rotatable bonds is 5. The number of halogens is 3. The summed E-state index contributed by atoms with van der Waals surface area (Å²) < 4.78 is 40.9. The minimum Gasteiger partial charge on any atom is -0.340 e. The van der Waals surface area contributed by atoms with Crippen LogP contribution in [0.25, 0.3) is 0 Å². The van der Waals surface area contributed by atoms with Crippen molar-refractivity contribution in [1.29, 1.82) is 0 Å². The van der Waals surface area contributed by atoms with Crippen molar-refractivity contribution in [3.63, 3.8) is 0 Å². The molecule has 0 unspecified atom stereocenters. The first-order chi connectivity index (χ1) is 20.2. The molecule has 1 saturated heterocycles. The second-order valence-corrected chi connectivity index (χ2v) is 10.4. The number of hydrogen-bond acceptors (Lipinski definition) is 4. The zero-order chi connectivity index (χ0) is 29.6. The Morgan fingerprint density at radius 3 is 1.71 bits per heavy atom. The Hall–Kier alpha value is -4.35. The SMILES string of the molecule is Cc1cc(C)nc(N/C(=N/C(=S)Nc2ccc(F)cc2)N2CCN(C(c3ccc(F)cc3)c3ccc(F)cc3)CC2)n1. The molecule has 7 nitrogen and oxygen atoms in total. The number of aryl methyl sites for hydroxylation is 2. The van der Waals surface area contributed by atoms with Crippen LogP contribution in [0.4, 0.5) is 24.8 Å². The maximum Gasteiger partial charge on any atom is 0.229 e. The van der Waals surface area contributed by atoms with Gasteiger partial charge in [-0.1, -0.05) is 24.3 Å². The van der Waals surface area contributed by atoms with Gasteiger partial charge < -0.3 is 10.2 Å². The van der Waals surface area contributed by atoms with Crippen LogP contribution in [0.5, 0.6) is 0 Å². The number of anilines is 2. The minimum atomic E-state index is -0.346. The summed E-state index contributed by atoms with van der Waals surface area (Å²) in [6.07, 6.45) is 0. The van der Waals surface area contributed by atoms with Crippen molar-refractivity contribution in [2.75, 3.05) is 36.8 Å². The lowest BCUT2D eigenvalue weighted by molar-refractivity contribution is 0.150. The van der Waals surface area contributed by atoms with Gasteiger partial charge in [-0.25, -0.2) is 23.1 Å². The van der Waals surface area contributed by atoms with Gasteiger partial charge in [-0.15, -0.1) is 0 Å². The smallest absolute Gasteiger partial charge is 0.229 e. The highest BCUT2D eigenvalue weighted by molar-refractivity contribution is 7.80. The van der Waals surface area contributed by atoms with Gasteiger partial charge in [-0.2, -0.15) is 4.99 Å². The van der Waals surface area contributed by atoms with Crippen molar-refractivity contribution >= 4 is 34.9 Å². The number of thiocarbonyl (C=S) groups is 1. The quantitative estimate of drug-likeness (QED) is 0.166. The normalized spacial score (nSPS) is 14.2. The molecule has 0 saturated carbocycles. The van der Waals surface area contributed by atoms with E-state index in [9.17, 15) is 13.2 Å². The van der Waals surface area contributed by atoms with Gasteiger partial charge in [0, 0.05) is 43.3 Å². The van der Waals surface area contributed by atoms with Crippen molar-refractivity contribution in [1.82, 2.24) is 19.8 Å². The molecule has 1 aromatic heterocycles. The van der Waals surface area contributed by atoms with E-state index in [0.29, 0.717) is 43.8 Å². The van der Waals surface area contributed by atoms with Gasteiger partial charge in [0.05, 0.1) is 6.04 Å². The third-order valence-corrected chi connectivity index (χ3v) is 7.05. The first-order valence-corrected chi connectivity index (χ1v) is 13.9. The van der Waals surface area contributed by atoms with Gasteiger partial charge in [0.25, 0.3) is 0 Å². The highest BCUT2D eigenvalue weighted by Gasteiger charge is 2.28. The lowest BCUT2D eigenvalue weighted by Gasteiger charge is -2.40. The van der Waals surface area contributed by atoms with Crippen molar-refractivity contribution in [2.45, 2.75) is 19.9 Å². The molecule has 0 aliphatic carbocycles. The van der Waals surface area contributed by atoms with Gasteiger partial charge in [-0.3, -0.25) is 10.2 Å². The van der Waals surface area contributed by atoms with Crippen LogP contribution >= 0.6 is 12.2 Å². The van der Waals surface area contributed by atoms with Crippen LogP contribution in [0.3, 0.4) is 0 Å². The molecule has 0 atom stereocenters. The lowest BCUT2D eigenvalue weighted by Crippen LogP contribution is -2.52. The van der Waals surface area contributed by atoms with E-state index < -0.39 is 0 Å². The molecule has 2 N–H and O–H groups in total. The van der Waals surface area contributed by atoms with Crippen LogP contribution in [0.2, 0.25) is 0 Å². The second kappa shape index (κ2) is 13.1. The number of benzene rings is 3. The van der Waals surface area contributed by atoms with Gasteiger partial charge >= 0.3 is 0 Å². The fourth-order valence-corrected chi connectivity index (χ4v) is 5.14. The summed E-state index contributed by atoms with van der Waals surface area (Å²) in [5.74, 6) is -0.103. The second-order valence-electron chi connectivity index (χ2n) is 10.0. The third kappa shape index (κ3) is 7.48. The molecular weight excluding hydrogens is 559 g/mol. The number of aromatic nitrogens is 2. The fourth-order valence-electron chi connectivity index (χ4n) is 4.94. The minimum absolute atomic E-state index is 0.186. The van der Waals surface area contributed by atoms with Gasteiger partial charge in [-0.05, 0) is 91.8 Å². The number of nitrogens with zero attached hydrogens (tertiary/aromatic N) is 5. The average Bonchev–Trinajstić information content (AvgIpc) is 2.96. The van der Waals surface area contributed by atoms with Crippen molar-refractivity contribution < 1.29 is 13.2 Å². The van der Waals surface area contributed by atoms with E-state index in [1.165, 1.54) is 36.4 Å². The van der Waals surface area contributed by atoms with Crippen LogP contribution in [-0.4, -0.2) is 57.0 Å². The molecule has 42 heavy (non-hydrogen) atoms. The first-order valence-electron chi connectivity index (χ1n) is 13.5. The molecule has 1 aliphatic rings. The largest absolute Gasteiger partial charge is 0.340 e. The highest BCUT2D eigenvalue weighted by atomic mass is 32.1. The van der Waals surface area contributed by atoms with E-state index >= 15 is 0 Å². The van der Waals surface area contributed by atoms with Crippen LogP contribution in [0.15, 0.2) is 83.9 Å². The highest BCUT2D eigenvalue weighted by Crippen LogP contribution is 2.30. The predicted octanol–water partition coefficient (Wildman–Crippen LogP) is 6.08. The van der Waals surface area contributed by atoms with Crippen molar-refractivity contribution in [3.05, 3.63) is 119 Å². The summed E-state index contributed by atoms with van der Waals surface area (Å²) in [5, 5.41) is 6.45. The Bertz CT molecular complexity index is 1490. The standard InChI is InChI=1S/C31H30F3N7S/c1-20-19-21(2)36-29(35-20)38-30(39-31(42)37-27-13-11-26(34)12-14-27)41-17-15-40(16-18-41)28(22-3-7-24(32)8-4-22)23-5-9-25(33)10-6-23/h3-14,19,28H,15-18H2,1-2H3,(H2,35,36,37,38,39,42). The molecule has 5 rings (SSSR count). The molecule has 216 valence electrons. The Morgan fingerprint density at radius 2 is 1.21 bits per heavy atom. The van der Waals surface area contributed by atoms with Crippen LogP contribution < -0.4 is 10.6 Å². The number of nitrogens with one attached hydrogen (secondary N) is 2. The van der Waals surface area contributed by atoms with E-state index in [0.717, 1.165) is 22.5 Å². The number of guanidine groups is 1. The Balaban J connectivity index is 1.38. The van der Waals surface area contributed by atoms with Crippen molar-refractivity contribution in [2.24, 2.45) is 4.99 Å². The Kier molecular flexibility index (Phi) is 9.09. The maximum absolute atomic E-state index is 13.7. The van der Waals surface area contributed by atoms with Gasteiger partial charge in [0.2, 0.25) is 17.0 Å². The molecule has 0 amide bonds. The molecule has 0 radical (unpaired) electrons. The zero-order valence-electron chi connectivity index (χ0n) is 23.2. The topological polar surface area (TPSA) is 68.7 Å². The number of hydrogen-bond donors (Lipinski definition) is 2. The van der Waals surface area contributed by atoms with Crippen molar-refractivity contribution in [3.8, 4) is 0 Å². The van der Waals surface area contributed by atoms with Crippen LogP contribution in [-0.2, 0) is 0 Å². The Morgan fingerprint density at radius 1 is 0.738 bits per heavy atom. The van der Waals surface area contributed by atoms with E-state index in [1.807, 2.05) is 19.9 Å². The summed E-state index contributed by atoms with van der Waals surface area (Å²) in [7, 11) is 0. The number of piperazine rings is 1. The summed E-state index contributed by atoms with van der Waals surface area (Å²) in [6, 6.07) is 20.4. The molecule has 0 bridgehead atoms. The molecule has 1 aliphatic heterocycles. The number of aliphatic imine (C=N–C) groups is 1. The molecule has 0 spiro atoms. The van der Waals surface area contributed by atoms with Crippen LogP contribution in [0, 0.1) is 31.3 Å². The molecule has 3 aromatic carbocycles. The lowest BCUT2D eigenvalue weighted by atomic mass is 9.96. The van der Waals surface area contributed by atoms with E-state index in [1.54, 1.807) is 36.4 Å². The monoisotopic (exact) mass is 589 g/mol.